The zero-order valence-electron chi connectivity index (χ0n) is 20.6. The standard InChI is InChI=1S/C26H31FN4O5/c1-17-13-29(15-24(17)31(25(33)16-35-3)19-7-5-4-6-8-19)23-10-9-20(11-22(23)27)30-14-21(36-26(30)34)12-28-18(2)32/h4-11,17,21,24H,12-16H2,1-3H3,(H,28,32)/t17-,21-,24-/m0/s1. The van der Waals surface area contributed by atoms with Gasteiger partial charge in [0.1, 0.15) is 18.5 Å². The molecule has 2 fully saturated rings. The molecule has 192 valence electrons. The molecule has 2 aromatic rings. The summed E-state index contributed by atoms with van der Waals surface area (Å²) in [6.07, 6.45) is -1.08. The highest BCUT2D eigenvalue weighted by molar-refractivity contribution is 5.95. The third-order valence-electron chi connectivity index (χ3n) is 6.51. The number of ether oxygens (including phenoxy) is 2. The van der Waals surface area contributed by atoms with Crippen LogP contribution in [-0.2, 0) is 19.1 Å². The van der Waals surface area contributed by atoms with Gasteiger partial charge in [-0.3, -0.25) is 14.5 Å². The van der Waals surface area contributed by atoms with Gasteiger partial charge in [-0.15, -0.1) is 0 Å². The Morgan fingerprint density at radius 1 is 1.17 bits per heavy atom. The van der Waals surface area contributed by atoms with Gasteiger partial charge in [0.25, 0.3) is 5.91 Å². The fraction of sp³-hybridized carbons (Fsp3) is 0.423. The van der Waals surface area contributed by atoms with E-state index in [0.717, 1.165) is 5.69 Å². The molecular weight excluding hydrogens is 467 g/mol. The first-order chi connectivity index (χ1) is 17.3. The van der Waals surface area contributed by atoms with Crippen LogP contribution in [0.3, 0.4) is 0 Å². The number of cyclic esters (lactones) is 1. The Labute approximate surface area is 209 Å². The fourth-order valence-corrected chi connectivity index (χ4v) is 4.80. The highest BCUT2D eigenvalue weighted by atomic mass is 19.1. The average Bonchev–Trinajstić information content (AvgIpc) is 3.41. The van der Waals surface area contributed by atoms with Crippen molar-refractivity contribution in [1.29, 1.82) is 0 Å². The summed E-state index contributed by atoms with van der Waals surface area (Å²) in [5.74, 6) is -0.756. The van der Waals surface area contributed by atoms with Gasteiger partial charge in [-0.05, 0) is 36.2 Å². The molecule has 0 saturated carbocycles. The fourth-order valence-electron chi connectivity index (χ4n) is 4.80. The van der Waals surface area contributed by atoms with Crippen molar-refractivity contribution in [3.05, 3.63) is 54.3 Å². The Balaban J connectivity index is 1.50. The van der Waals surface area contributed by atoms with Crippen molar-refractivity contribution < 1.29 is 28.2 Å². The van der Waals surface area contributed by atoms with Gasteiger partial charge in [0.05, 0.1) is 30.5 Å². The zero-order chi connectivity index (χ0) is 25.8. The molecule has 2 aromatic carbocycles. The first-order valence-electron chi connectivity index (χ1n) is 11.9. The maximum absolute atomic E-state index is 15.3. The topological polar surface area (TPSA) is 91.4 Å². The number of hydrogen-bond donors (Lipinski definition) is 1. The minimum absolute atomic E-state index is 0.0456. The number of amides is 3. The van der Waals surface area contributed by atoms with E-state index in [-0.39, 0.29) is 43.5 Å². The van der Waals surface area contributed by atoms with Crippen LogP contribution in [0.15, 0.2) is 48.5 Å². The molecule has 36 heavy (non-hydrogen) atoms. The second-order valence-corrected chi connectivity index (χ2v) is 9.17. The van der Waals surface area contributed by atoms with Crippen LogP contribution in [0.25, 0.3) is 0 Å². The van der Waals surface area contributed by atoms with Crippen LogP contribution in [0.5, 0.6) is 0 Å². The van der Waals surface area contributed by atoms with E-state index in [2.05, 4.69) is 5.32 Å². The SMILES string of the molecule is COCC(=O)N(c1ccccc1)[C@H]1CN(c2ccc(N3C[C@H](CNC(C)=O)OC3=O)cc2F)C[C@@H]1C. The van der Waals surface area contributed by atoms with Crippen LogP contribution in [-0.4, -0.2) is 69.9 Å². The van der Waals surface area contributed by atoms with E-state index >= 15 is 4.39 Å². The van der Waals surface area contributed by atoms with Crippen molar-refractivity contribution in [3.8, 4) is 0 Å². The van der Waals surface area contributed by atoms with Crippen molar-refractivity contribution in [2.75, 3.05) is 54.6 Å². The predicted molar refractivity (Wildman–Crippen MR) is 134 cm³/mol. The van der Waals surface area contributed by atoms with Crippen molar-refractivity contribution >= 4 is 35.0 Å². The van der Waals surface area contributed by atoms with Gasteiger partial charge in [-0.1, -0.05) is 25.1 Å². The molecule has 4 rings (SSSR count). The van der Waals surface area contributed by atoms with Crippen molar-refractivity contribution in [2.24, 2.45) is 5.92 Å². The molecule has 2 aliphatic rings. The molecule has 10 heteroatoms. The number of hydrogen-bond acceptors (Lipinski definition) is 6. The van der Waals surface area contributed by atoms with E-state index in [0.29, 0.717) is 24.5 Å². The summed E-state index contributed by atoms with van der Waals surface area (Å²) in [6.45, 7) is 4.82. The third kappa shape index (κ3) is 5.43. The van der Waals surface area contributed by atoms with Crippen LogP contribution in [0.1, 0.15) is 13.8 Å². The minimum atomic E-state index is -0.581. The molecule has 0 spiro atoms. The lowest BCUT2D eigenvalue weighted by atomic mass is 10.0. The van der Waals surface area contributed by atoms with E-state index < -0.39 is 18.0 Å². The molecule has 3 atom stereocenters. The van der Waals surface area contributed by atoms with Gasteiger partial charge in [-0.2, -0.15) is 0 Å². The molecule has 0 unspecified atom stereocenters. The number of nitrogens with one attached hydrogen (secondary N) is 1. The third-order valence-corrected chi connectivity index (χ3v) is 6.51. The highest BCUT2D eigenvalue weighted by Gasteiger charge is 2.38. The van der Waals surface area contributed by atoms with Crippen LogP contribution in [0.2, 0.25) is 0 Å². The predicted octanol–water partition coefficient (Wildman–Crippen LogP) is 2.79. The molecule has 2 heterocycles. The van der Waals surface area contributed by atoms with Gasteiger partial charge in [0, 0.05) is 32.8 Å². The lowest BCUT2D eigenvalue weighted by Gasteiger charge is -2.31. The first-order valence-corrected chi connectivity index (χ1v) is 11.9. The Morgan fingerprint density at radius 3 is 2.58 bits per heavy atom. The van der Waals surface area contributed by atoms with Crippen LogP contribution >= 0.6 is 0 Å². The lowest BCUT2D eigenvalue weighted by molar-refractivity contribution is -0.122. The second-order valence-electron chi connectivity index (χ2n) is 9.17. The van der Waals surface area contributed by atoms with Gasteiger partial charge >= 0.3 is 6.09 Å². The maximum Gasteiger partial charge on any atom is 0.414 e. The number of carbonyl (C=O) groups excluding carboxylic acids is 3. The van der Waals surface area contributed by atoms with Gasteiger partial charge in [0.2, 0.25) is 5.91 Å². The Hall–Kier alpha value is -3.66. The zero-order valence-corrected chi connectivity index (χ0v) is 20.6. The number of anilines is 3. The number of benzene rings is 2. The summed E-state index contributed by atoms with van der Waals surface area (Å²) in [6, 6.07) is 13.9. The summed E-state index contributed by atoms with van der Waals surface area (Å²) >= 11 is 0. The van der Waals surface area contributed by atoms with E-state index in [9.17, 15) is 14.4 Å². The van der Waals surface area contributed by atoms with E-state index in [4.69, 9.17) is 9.47 Å². The second kappa shape index (κ2) is 10.9. The Kier molecular flexibility index (Phi) is 7.73. The number of halogens is 1. The number of para-hydroxylation sites is 1. The molecule has 0 aromatic heterocycles. The van der Waals surface area contributed by atoms with Gasteiger partial charge < -0.3 is 24.6 Å². The van der Waals surface area contributed by atoms with Gasteiger partial charge in [0.15, 0.2) is 0 Å². The van der Waals surface area contributed by atoms with Crippen LogP contribution in [0.4, 0.5) is 26.2 Å². The molecule has 3 amide bonds. The Morgan fingerprint density at radius 2 is 1.92 bits per heavy atom. The van der Waals surface area contributed by atoms with E-state index in [1.54, 1.807) is 17.0 Å². The molecule has 2 aliphatic heterocycles. The molecule has 0 bridgehead atoms. The maximum atomic E-state index is 15.3. The number of methoxy groups -OCH3 is 1. The summed E-state index contributed by atoms with van der Waals surface area (Å²) in [7, 11) is 1.49. The van der Waals surface area contributed by atoms with E-state index in [1.165, 1.54) is 25.0 Å². The quantitative estimate of drug-likeness (QED) is 0.602. The average molecular weight is 499 g/mol. The van der Waals surface area contributed by atoms with Crippen molar-refractivity contribution in [2.45, 2.75) is 26.0 Å². The summed E-state index contributed by atoms with van der Waals surface area (Å²) in [5.41, 5.74) is 1.56. The summed E-state index contributed by atoms with van der Waals surface area (Å²) < 4.78 is 25.7. The monoisotopic (exact) mass is 498 g/mol. The molecule has 0 aliphatic carbocycles. The summed E-state index contributed by atoms with van der Waals surface area (Å²) in [5, 5.41) is 2.62. The largest absolute Gasteiger partial charge is 0.442 e. The lowest BCUT2D eigenvalue weighted by Crippen LogP contribution is -2.46. The van der Waals surface area contributed by atoms with Crippen LogP contribution < -0.4 is 20.0 Å². The minimum Gasteiger partial charge on any atom is -0.442 e. The first kappa shape index (κ1) is 25.4. The molecule has 0 radical (unpaired) electrons. The van der Waals surface area contributed by atoms with Crippen molar-refractivity contribution in [1.82, 2.24) is 5.32 Å². The molecular formula is C26H31FN4O5. The summed E-state index contributed by atoms with van der Waals surface area (Å²) in [4.78, 5) is 41.4. The number of carbonyl (C=O) groups is 3. The normalized spacial score (nSPS) is 21.4. The van der Waals surface area contributed by atoms with Gasteiger partial charge in [-0.25, -0.2) is 9.18 Å². The molecule has 9 nitrogen and oxygen atoms in total. The molecule has 1 N–H and O–H groups in total. The van der Waals surface area contributed by atoms with E-state index in [1.807, 2.05) is 42.2 Å². The molecule has 2 saturated heterocycles. The Bertz CT molecular complexity index is 1110. The number of nitrogens with zero attached hydrogens (tertiary/aromatic N) is 3. The van der Waals surface area contributed by atoms with Crippen molar-refractivity contribution in [3.63, 3.8) is 0 Å². The number of rotatable bonds is 8. The smallest absolute Gasteiger partial charge is 0.414 e. The van der Waals surface area contributed by atoms with Crippen LogP contribution in [0, 0.1) is 11.7 Å². The highest BCUT2D eigenvalue weighted by Crippen LogP contribution is 2.34.